The summed E-state index contributed by atoms with van der Waals surface area (Å²) in [6.07, 6.45) is -9.71. The molecule has 1 heterocycles. The van der Waals surface area contributed by atoms with E-state index in [2.05, 4.69) is 5.32 Å². The Hall–Kier alpha value is -5.74. The number of amides is 1. The molecule has 1 aliphatic heterocycles. The van der Waals surface area contributed by atoms with E-state index >= 15 is 4.79 Å². The monoisotopic (exact) mass is 867 g/mol. The van der Waals surface area contributed by atoms with Gasteiger partial charge in [0.1, 0.15) is 23.9 Å². The summed E-state index contributed by atoms with van der Waals surface area (Å²) in [4.78, 5) is 84.2. The Labute approximate surface area is 365 Å². The maximum Gasteiger partial charge on any atom is 0.338 e. The van der Waals surface area contributed by atoms with Crippen molar-refractivity contribution in [2.75, 3.05) is 13.7 Å². The van der Waals surface area contributed by atoms with Crippen LogP contribution in [-0.2, 0) is 47.6 Å². The van der Waals surface area contributed by atoms with Crippen molar-refractivity contribution < 1.29 is 67.4 Å². The molecule has 11 atom stereocenters. The summed E-state index contributed by atoms with van der Waals surface area (Å²) >= 11 is 0. The second-order valence-electron chi connectivity index (χ2n) is 17.6. The fourth-order valence-electron chi connectivity index (χ4n) is 10.4. The summed E-state index contributed by atoms with van der Waals surface area (Å²) in [5, 5.41) is 28.8. The summed E-state index contributed by atoms with van der Waals surface area (Å²) < 4.78 is 36.4. The van der Waals surface area contributed by atoms with E-state index in [0.29, 0.717) is 11.1 Å². The molecular weight excluding hydrogens is 815 g/mol. The van der Waals surface area contributed by atoms with Crippen molar-refractivity contribution in [2.24, 2.45) is 16.7 Å². The third kappa shape index (κ3) is 7.64. The van der Waals surface area contributed by atoms with Gasteiger partial charge in [0.05, 0.1) is 35.6 Å². The molecule has 0 aromatic heterocycles. The van der Waals surface area contributed by atoms with E-state index in [1.54, 1.807) is 99.6 Å². The van der Waals surface area contributed by atoms with Crippen molar-refractivity contribution >= 4 is 35.6 Å². The van der Waals surface area contributed by atoms with E-state index < -0.39 is 113 Å². The molecule has 1 unspecified atom stereocenters. The van der Waals surface area contributed by atoms with Gasteiger partial charge in [0.2, 0.25) is 0 Å². The van der Waals surface area contributed by atoms with Crippen LogP contribution in [0.5, 0.6) is 0 Å². The van der Waals surface area contributed by atoms with Gasteiger partial charge < -0.3 is 44.0 Å². The molecule has 3 aromatic rings. The molecule has 2 saturated carbocycles. The molecule has 0 spiro atoms. The molecule has 3 aromatic carbocycles. The zero-order chi connectivity index (χ0) is 45.6. The first-order chi connectivity index (χ1) is 29.8. The third-order valence-corrected chi connectivity index (χ3v) is 13.7. The molecule has 3 aliphatic carbocycles. The van der Waals surface area contributed by atoms with Crippen LogP contribution in [0.4, 0.5) is 0 Å². The van der Waals surface area contributed by atoms with Gasteiger partial charge in [0.25, 0.3) is 5.91 Å². The van der Waals surface area contributed by atoms with Crippen molar-refractivity contribution in [1.82, 2.24) is 5.32 Å². The maximum atomic E-state index is 15.6. The van der Waals surface area contributed by atoms with Gasteiger partial charge in [-0.05, 0) is 54.8 Å². The van der Waals surface area contributed by atoms with Gasteiger partial charge in [0.15, 0.2) is 23.6 Å². The number of ketones is 1. The van der Waals surface area contributed by atoms with Crippen LogP contribution >= 0.6 is 0 Å². The predicted molar refractivity (Wildman–Crippen MR) is 222 cm³/mol. The minimum absolute atomic E-state index is 0.0429. The molecular formula is C48H53NO14. The summed E-state index contributed by atoms with van der Waals surface area (Å²) in [5.74, 6) is -6.38. The Bertz CT molecular complexity index is 2300. The number of nitrogens with one attached hydrogen (secondary N) is 1. The smallest absolute Gasteiger partial charge is 0.338 e. The standard InChI is InChI=1S/C48H53NO14/c1-26-32(61-44(56)38(58-7)36(29-17-11-8-12-18-29)49-42(54)30-19-13-9-14-20-30)24-48(57)41(62-43(55)31-21-15-10-16-22-31)39-46(6,33(52)23-34-47(39,25-59-34)63-28(3)51)40(53)37(60-27(2)50)35(26)45(48,4)5/h8-22,32-34,36-39,41,52,57H,23-25H2,1-7H3,(H,49,54)/t32-,33+,34-,36-,37-,38+,39-,41-,46-,47?,48-/m1/s1. The molecule has 3 N–H and O–H groups in total. The van der Waals surface area contributed by atoms with Gasteiger partial charge in [-0.1, -0.05) is 80.6 Å². The number of carbonyl (C=O) groups is 6. The first-order valence-corrected chi connectivity index (χ1v) is 20.9. The highest BCUT2D eigenvalue weighted by atomic mass is 16.6. The van der Waals surface area contributed by atoms with Crippen LogP contribution in [0.2, 0.25) is 0 Å². The van der Waals surface area contributed by atoms with Crippen LogP contribution in [0.15, 0.2) is 102 Å². The average Bonchev–Trinajstić information content (AvgIpc) is 3.25. The number of methoxy groups -OCH3 is 1. The Morgan fingerprint density at radius 2 is 1.41 bits per heavy atom. The predicted octanol–water partition coefficient (Wildman–Crippen LogP) is 4.39. The fraction of sp³-hybridized carbons (Fsp3) is 0.458. The van der Waals surface area contributed by atoms with Crippen molar-refractivity contribution in [3.8, 4) is 0 Å². The minimum Gasteiger partial charge on any atom is -0.456 e. The van der Waals surface area contributed by atoms with Gasteiger partial charge in [-0.3, -0.25) is 19.2 Å². The lowest BCUT2D eigenvalue weighted by Crippen LogP contribution is -2.82. The van der Waals surface area contributed by atoms with Crippen molar-refractivity contribution in [3.05, 3.63) is 119 Å². The highest BCUT2D eigenvalue weighted by molar-refractivity contribution is 5.96. The maximum absolute atomic E-state index is 15.6. The van der Waals surface area contributed by atoms with Gasteiger partial charge in [-0.15, -0.1) is 0 Å². The number of ether oxygens (including phenoxy) is 6. The molecule has 1 amide bonds. The molecule has 7 rings (SSSR count). The lowest BCUT2D eigenvalue weighted by molar-refractivity contribution is -0.346. The molecule has 334 valence electrons. The van der Waals surface area contributed by atoms with E-state index in [-0.39, 0.29) is 29.7 Å². The molecule has 15 nitrogen and oxygen atoms in total. The molecule has 4 aliphatic rings. The second-order valence-corrected chi connectivity index (χ2v) is 17.6. The molecule has 63 heavy (non-hydrogen) atoms. The largest absolute Gasteiger partial charge is 0.456 e. The highest BCUT2D eigenvalue weighted by Gasteiger charge is 2.78. The van der Waals surface area contributed by atoms with Crippen molar-refractivity contribution in [3.63, 3.8) is 0 Å². The number of esters is 4. The van der Waals surface area contributed by atoms with E-state index in [1.807, 2.05) is 0 Å². The van der Waals surface area contributed by atoms with E-state index in [0.717, 1.165) is 6.92 Å². The zero-order valence-corrected chi connectivity index (χ0v) is 36.2. The van der Waals surface area contributed by atoms with Crippen LogP contribution < -0.4 is 5.32 Å². The average molecular weight is 868 g/mol. The number of aliphatic hydroxyl groups is 2. The van der Waals surface area contributed by atoms with E-state index in [1.165, 1.54) is 33.1 Å². The van der Waals surface area contributed by atoms with Crippen LogP contribution in [0, 0.1) is 16.7 Å². The molecule has 1 saturated heterocycles. The van der Waals surface area contributed by atoms with Crippen molar-refractivity contribution in [2.45, 2.75) is 108 Å². The number of benzene rings is 3. The fourth-order valence-corrected chi connectivity index (χ4v) is 10.4. The number of hydrogen-bond donors (Lipinski definition) is 3. The molecule has 2 bridgehead atoms. The molecule has 0 radical (unpaired) electrons. The van der Waals surface area contributed by atoms with E-state index in [4.69, 9.17) is 28.4 Å². The Morgan fingerprint density at radius 3 is 1.95 bits per heavy atom. The van der Waals surface area contributed by atoms with Crippen LogP contribution in [0.1, 0.15) is 86.7 Å². The number of hydrogen-bond acceptors (Lipinski definition) is 14. The number of Topliss-reactive ketones (excluding diaryl/α,β-unsaturated/α-hetero) is 1. The first-order valence-electron chi connectivity index (χ1n) is 20.9. The van der Waals surface area contributed by atoms with Crippen molar-refractivity contribution in [1.29, 1.82) is 0 Å². The van der Waals surface area contributed by atoms with Gasteiger partial charge >= 0.3 is 23.9 Å². The lowest BCUT2D eigenvalue weighted by Gasteiger charge is -2.67. The Balaban J connectivity index is 1.40. The highest BCUT2D eigenvalue weighted by Crippen LogP contribution is 2.64. The van der Waals surface area contributed by atoms with Crippen LogP contribution in [-0.4, -0.2) is 107 Å². The first kappa shape index (κ1) is 45.3. The second kappa shape index (κ2) is 17.1. The summed E-state index contributed by atoms with van der Waals surface area (Å²) in [5.41, 5.74) is -6.58. The molecule has 3 fully saturated rings. The summed E-state index contributed by atoms with van der Waals surface area (Å²) in [6.45, 7) is 8.16. The third-order valence-electron chi connectivity index (χ3n) is 13.7. The summed E-state index contributed by atoms with van der Waals surface area (Å²) in [6, 6.07) is 23.9. The van der Waals surface area contributed by atoms with Gasteiger partial charge in [-0.25, -0.2) is 9.59 Å². The minimum atomic E-state index is -2.35. The lowest BCUT2D eigenvalue weighted by atomic mass is 9.44. The number of fused-ring (bicyclic) bond motifs is 5. The van der Waals surface area contributed by atoms with Gasteiger partial charge in [-0.2, -0.15) is 0 Å². The quantitative estimate of drug-likeness (QED) is 0.139. The Morgan fingerprint density at radius 1 is 0.825 bits per heavy atom. The number of rotatable bonds is 11. The van der Waals surface area contributed by atoms with Gasteiger partial charge in [0, 0.05) is 44.8 Å². The zero-order valence-electron chi connectivity index (χ0n) is 36.2. The number of carbonyl (C=O) groups excluding carboxylic acids is 6. The van der Waals surface area contributed by atoms with Crippen LogP contribution in [0.25, 0.3) is 0 Å². The van der Waals surface area contributed by atoms with E-state index in [9.17, 15) is 34.2 Å². The number of aliphatic hydroxyl groups excluding tert-OH is 1. The summed E-state index contributed by atoms with van der Waals surface area (Å²) in [7, 11) is 1.28. The molecule has 15 heteroatoms. The topological polar surface area (TPSA) is 210 Å². The normalized spacial score (nSPS) is 31.5. The SMILES string of the molecule is CO[C@H](C(=O)O[C@@H]1C[C@@]2(O)[C@H](OC(=O)c3ccccc3)[C@H]3C4(OC(C)=O)CO[C@@H]4C[C@H](O)[C@@]3(C)C(=O)[C@H](OC(C)=O)C(=C1C)C2(C)C)[C@H](NC(=O)c1ccccc1)c1ccccc1. The Kier molecular flexibility index (Phi) is 12.3. The van der Waals surface area contributed by atoms with Crippen LogP contribution in [0.3, 0.4) is 0 Å².